The van der Waals surface area contributed by atoms with Gasteiger partial charge in [-0.3, -0.25) is 9.78 Å². The van der Waals surface area contributed by atoms with Gasteiger partial charge in [-0.15, -0.1) is 0 Å². The van der Waals surface area contributed by atoms with Crippen molar-refractivity contribution < 1.29 is 13.2 Å². The van der Waals surface area contributed by atoms with Crippen molar-refractivity contribution in [3.05, 3.63) is 70.4 Å². The molecule has 28 heavy (non-hydrogen) atoms. The second-order valence-electron chi connectivity index (χ2n) is 6.54. The van der Waals surface area contributed by atoms with E-state index in [2.05, 4.69) is 10.3 Å². The van der Waals surface area contributed by atoms with Crippen molar-refractivity contribution in [3.63, 3.8) is 0 Å². The highest BCUT2D eigenvalue weighted by Gasteiger charge is 2.21. The van der Waals surface area contributed by atoms with Gasteiger partial charge < -0.3 is 5.32 Å². The molecule has 2 aromatic carbocycles. The van der Waals surface area contributed by atoms with E-state index in [-0.39, 0.29) is 17.3 Å². The van der Waals surface area contributed by atoms with Crippen molar-refractivity contribution in [2.75, 3.05) is 14.1 Å². The Morgan fingerprint density at radius 2 is 1.86 bits per heavy atom. The van der Waals surface area contributed by atoms with E-state index in [4.69, 9.17) is 11.6 Å². The van der Waals surface area contributed by atoms with E-state index in [9.17, 15) is 13.2 Å². The highest BCUT2D eigenvalue weighted by Crippen LogP contribution is 2.22. The summed E-state index contributed by atoms with van der Waals surface area (Å²) in [6, 6.07) is 13.6. The zero-order chi connectivity index (χ0) is 20.5. The fourth-order valence-electron chi connectivity index (χ4n) is 2.84. The highest BCUT2D eigenvalue weighted by molar-refractivity contribution is 7.89. The molecule has 0 fully saturated rings. The van der Waals surface area contributed by atoms with Gasteiger partial charge in [0, 0.05) is 31.0 Å². The van der Waals surface area contributed by atoms with Crippen LogP contribution >= 0.6 is 11.6 Å². The van der Waals surface area contributed by atoms with Crippen molar-refractivity contribution in [2.45, 2.75) is 18.4 Å². The maximum atomic E-state index is 12.7. The Kier molecular flexibility index (Phi) is 5.69. The lowest BCUT2D eigenvalue weighted by atomic mass is 10.1. The van der Waals surface area contributed by atoms with Gasteiger partial charge in [-0.2, -0.15) is 0 Å². The van der Waals surface area contributed by atoms with Gasteiger partial charge in [0.15, 0.2) is 0 Å². The van der Waals surface area contributed by atoms with Crippen LogP contribution in [0.1, 0.15) is 21.6 Å². The number of nitrogens with one attached hydrogen (secondary N) is 1. The number of hydrogen-bond acceptors (Lipinski definition) is 4. The number of sulfonamides is 1. The summed E-state index contributed by atoms with van der Waals surface area (Å²) in [4.78, 5) is 17.3. The summed E-state index contributed by atoms with van der Waals surface area (Å²) in [5.41, 5.74) is 2.27. The molecule has 0 radical (unpaired) electrons. The van der Waals surface area contributed by atoms with Crippen LogP contribution in [-0.4, -0.2) is 37.7 Å². The predicted molar refractivity (Wildman–Crippen MR) is 110 cm³/mol. The third kappa shape index (κ3) is 4.01. The molecule has 1 aromatic heterocycles. The molecule has 0 aliphatic rings. The molecule has 3 rings (SSSR count). The number of aromatic nitrogens is 1. The minimum absolute atomic E-state index is 0.0785. The number of benzene rings is 2. The summed E-state index contributed by atoms with van der Waals surface area (Å²) in [6.45, 7) is 1.84. The minimum Gasteiger partial charge on any atom is -0.348 e. The lowest BCUT2D eigenvalue weighted by Gasteiger charge is -2.15. The zero-order valence-electron chi connectivity index (χ0n) is 15.7. The molecule has 0 aliphatic heterocycles. The molecule has 0 unspecified atom stereocenters. The molecule has 0 bridgehead atoms. The standard InChI is InChI=1S/C20H20ClN3O3S/c1-13-17(11-15-10-16(21)8-9-18(15)23-13)20(25)22-12-14-6-4-5-7-19(14)28(26,27)24(2)3/h4-11H,12H2,1-3H3,(H,22,25). The molecule has 0 atom stereocenters. The summed E-state index contributed by atoms with van der Waals surface area (Å²) in [5.74, 6) is -0.330. The van der Waals surface area contributed by atoms with Crippen molar-refractivity contribution >= 4 is 38.4 Å². The quantitative estimate of drug-likeness (QED) is 0.690. The third-order valence-corrected chi connectivity index (χ3v) is 6.53. The highest BCUT2D eigenvalue weighted by atomic mass is 35.5. The number of nitrogens with zero attached hydrogens (tertiary/aromatic N) is 2. The van der Waals surface area contributed by atoms with E-state index < -0.39 is 10.0 Å². The Balaban J connectivity index is 1.88. The SMILES string of the molecule is Cc1nc2ccc(Cl)cc2cc1C(=O)NCc1ccccc1S(=O)(=O)N(C)C. The molecule has 0 aliphatic carbocycles. The second-order valence-corrected chi connectivity index (χ2v) is 9.09. The molecule has 8 heteroatoms. The van der Waals surface area contributed by atoms with Crippen molar-refractivity contribution in [1.29, 1.82) is 0 Å². The average molecular weight is 418 g/mol. The number of aryl methyl sites for hydroxylation is 1. The van der Waals surface area contributed by atoms with Gasteiger partial charge in [0.05, 0.1) is 21.7 Å². The number of carbonyl (C=O) groups is 1. The molecule has 0 saturated heterocycles. The fraction of sp³-hybridized carbons (Fsp3) is 0.200. The number of hydrogen-bond donors (Lipinski definition) is 1. The van der Waals surface area contributed by atoms with E-state index in [1.165, 1.54) is 20.2 Å². The normalized spacial score (nSPS) is 11.8. The van der Waals surface area contributed by atoms with Crippen molar-refractivity contribution in [1.82, 2.24) is 14.6 Å². The second kappa shape index (κ2) is 7.87. The first kappa shape index (κ1) is 20.3. The molecule has 0 spiro atoms. The molecular formula is C20H20ClN3O3S. The summed E-state index contributed by atoms with van der Waals surface area (Å²) < 4.78 is 26.1. The van der Waals surface area contributed by atoms with E-state index in [1.54, 1.807) is 49.4 Å². The Morgan fingerprint density at radius 1 is 1.14 bits per heavy atom. The van der Waals surface area contributed by atoms with Crippen LogP contribution < -0.4 is 5.32 Å². The Bertz CT molecular complexity index is 1160. The number of halogens is 1. The summed E-state index contributed by atoms with van der Waals surface area (Å²) in [6.07, 6.45) is 0. The van der Waals surface area contributed by atoms with Crippen LogP contribution in [0.15, 0.2) is 53.4 Å². The lowest BCUT2D eigenvalue weighted by molar-refractivity contribution is 0.0949. The topological polar surface area (TPSA) is 79.4 Å². The van der Waals surface area contributed by atoms with Crippen molar-refractivity contribution in [2.24, 2.45) is 0 Å². The summed E-state index contributed by atoms with van der Waals surface area (Å²) in [7, 11) is -0.662. The molecule has 6 nitrogen and oxygen atoms in total. The van der Waals surface area contributed by atoms with Gasteiger partial charge in [0.1, 0.15) is 0 Å². The van der Waals surface area contributed by atoms with Crippen LogP contribution in [0.5, 0.6) is 0 Å². The van der Waals surface area contributed by atoms with E-state index in [1.807, 2.05) is 0 Å². The zero-order valence-corrected chi connectivity index (χ0v) is 17.3. The molecule has 0 saturated carbocycles. The molecule has 3 aromatic rings. The van der Waals surface area contributed by atoms with Crippen LogP contribution in [-0.2, 0) is 16.6 Å². The Morgan fingerprint density at radius 3 is 2.57 bits per heavy atom. The third-order valence-electron chi connectivity index (χ3n) is 4.38. The van der Waals surface area contributed by atoms with Gasteiger partial charge in [-0.25, -0.2) is 12.7 Å². The minimum atomic E-state index is -3.61. The maximum Gasteiger partial charge on any atom is 0.253 e. The maximum absolute atomic E-state index is 12.7. The smallest absolute Gasteiger partial charge is 0.253 e. The number of rotatable bonds is 5. The molecule has 146 valence electrons. The summed E-state index contributed by atoms with van der Waals surface area (Å²) in [5, 5.41) is 4.12. The fourth-order valence-corrected chi connectivity index (χ4v) is 4.14. The molecule has 1 amide bonds. The number of carbonyl (C=O) groups excluding carboxylic acids is 1. The molecule has 1 N–H and O–H groups in total. The summed E-state index contributed by atoms with van der Waals surface area (Å²) >= 11 is 6.03. The number of fused-ring (bicyclic) bond motifs is 1. The predicted octanol–water partition coefficient (Wildman–Crippen LogP) is 3.38. The van der Waals surface area contributed by atoms with Crippen LogP contribution in [0.4, 0.5) is 0 Å². The number of pyridine rings is 1. The van der Waals surface area contributed by atoms with Gasteiger partial charge in [-0.05, 0) is 42.8 Å². The molecule has 1 heterocycles. The van der Waals surface area contributed by atoms with Gasteiger partial charge in [0.25, 0.3) is 5.91 Å². The van der Waals surface area contributed by atoms with Crippen LogP contribution in [0, 0.1) is 6.92 Å². The largest absolute Gasteiger partial charge is 0.348 e. The first-order valence-corrected chi connectivity index (χ1v) is 10.4. The van der Waals surface area contributed by atoms with Crippen LogP contribution in [0.25, 0.3) is 10.9 Å². The van der Waals surface area contributed by atoms with E-state index in [0.29, 0.717) is 21.8 Å². The lowest BCUT2D eigenvalue weighted by Crippen LogP contribution is -2.27. The molecular weight excluding hydrogens is 398 g/mol. The van der Waals surface area contributed by atoms with Crippen LogP contribution in [0.3, 0.4) is 0 Å². The van der Waals surface area contributed by atoms with Gasteiger partial charge in [0.2, 0.25) is 10.0 Å². The Hall–Kier alpha value is -2.48. The number of amides is 1. The van der Waals surface area contributed by atoms with Gasteiger partial charge in [-0.1, -0.05) is 29.8 Å². The van der Waals surface area contributed by atoms with E-state index in [0.717, 1.165) is 15.2 Å². The first-order valence-electron chi connectivity index (χ1n) is 8.55. The van der Waals surface area contributed by atoms with Crippen LogP contribution in [0.2, 0.25) is 5.02 Å². The van der Waals surface area contributed by atoms with E-state index >= 15 is 0 Å². The Labute approximate surface area is 169 Å². The van der Waals surface area contributed by atoms with Crippen molar-refractivity contribution in [3.8, 4) is 0 Å². The monoisotopic (exact) mass is 417 g/mol. The average Bonchev–Trinajstić information content (AvgIpc) is 2.66. The van der Waals surface area contributed by atoms with Gasteiger partial charge >= 0.3 is 0 Å². The first-order chi connectivity index (χ1) is 13.2.